The Hall–Kier alpha value is -1.37. The number of hydrogen-bond donors (Lipinski definition) is 0. The number of rotatable bonds is 4. The third-order valence-corrected chi connectivity index (χ3v) is 3.83. The Morgan fingerprint density at radius 2 is 2.11 bits per heavy atom. The highest BCUT2D eigenvalue weighted by atomic mass is 16.5. The van der Waals surface area contributed by atoms with Gasteiger partial charge in [0.15, 0.2) is 5.82 Å². The van der Waals surface area contributed by atoms with E-state index in [4.69, 9.17) is 9.78 Å². The highest BCUT2D eigenvalue weighted by Gasteiger charge is 2.24. The second kappa shape index (κ2) is 5.99. The summed E-state index contributed by atoms with van der Waals surface area (Å²) in [5.74, 6) is 3.16. The van der Waals surface area contributed by atoms with E-state index in [2.05, 4.69) is 23.1 Å². The van der Waals surface area contributed by atoms with Crippen molar-refractivity contribution in [2.45, 2.75) is 58.3 Å². The predicted molar refractivity (Wildman–Crippen MR) is 67.8 cm³/mol. The van der Waals surface area contributed by atoms with E-state index in [0.29, 0.717) is 24.7 Å². The molecule has 0 N–H and O–H groups in total. The van der Waals surface area contributed by atoms with Crippen LogP contribution in [0.25, 0.3) is 0 Å². The Morgan fingerprint density at radius 3 is 2.78 bits per heavy atom. The number of nitrogens with zero attached hydrogens (tertiary/aromatic N) is 3. The zero-order valence-corrected chi connectivity index (χ0v) is 11.2. The molecule has 1 atom stereocenters. The molecule has 0 spiro atoms. The zero-order valence-electron chi connectivity index (χ0n) is 11.2. The number of nitriles is 1. The van der Waals surface area contributed by atoms with Crippen molar-refractivity contribution in [2.75, 3.05) is 0 Å². The average Bonchev–Trinajstić information content (AvgIpc) is 2.78. The van der Waals surface area contributed by atoms with Crippen molar-refractivity contribution in [1.29, 1.82) is 5.26 Å². The maximum atomic E-state index is 8.63. The van der Waals surface area contributed by atoms with E-state index in [-0.39, 0.29) is 5.92 Å². The third kappa shape index (κ3) is 3.32. The molecule has 0 saturated heterocycles. The van der Waals surface area contributed by atoms with Crippen molar-refractivity contribution in [2.24, 2.45) is 11.8 Å². The van der Waals surface area contributed by atoms with Gasteiger partial charge >= 0.3 is 0 Å². The van der Waals surface area contributed by atoms with Gasteiger partial charge in [0.05, 0.1) is 6.07 Å². The van der Waals surface area contributed by atoms with Crippen LogP contribution in [0.15, 0.2) is 4.52 Å². The Labute approximate surface area is 108 Å². The van der Waals surface area contributed by atoms with E-state index in [1.165, 1.54) is 25.7 Å². The van der Waals surface area contributed by atoms with Crippen molar-refractivity contribution in [3.05, 3.63) is 11.7 Å². The summed E-state index contributed by atoms with van der Waals surface area (Å²) in [6.45, 7) is 4.34. The van der Waals surface area contributed by atoms with Gasteiger partial charge in [-0.2, -0.15) is 10.2 Å². The molecule has 1 heterocycles. The first-order valence-electron chi connectivity index (χ1n) is 6.88. The van der Waals surface area contributed by atoms with Gasteiger partial charge in [0.1, 0.15) is 0 Å². The lowest BCUT2D eigenvalue weighted by Gasteiger charge is -2.23. The van der Waals surface area contributed by atoms with E-state index >= 15 is 0 Å². The van der Waals surface area contributed by atoms with Crippen LogP contribution in [-0.4, -0.2) is 10.1 Å². The highest BCUT2D eigenvalue weighted by molar-refractivity contribution is 4.98. The van der Waals surface area contributed by atoms with Crippen molar-refractivity contribution in [3.63, 3.8) is 0 Å². The topological polar surface area (TPSA) is 62.7 Å². The molecule has 1 aliphatic rings. The quantitative estimate of drug-likeness (QED) is 0.817. The molecule has 1 saturated carbocycles. The van der Waals surface area contributed by atoms with E-state index in [9.17, 15) is 0 Å². The van der Waals surface area contributed by atoms with Gasteiger partial charge in [-0.1, -0.05) is 31.8 Å². The molecule has 1 fully saturated rings. The molecule has 0 bridgehead atoms. The second-order valence-electron chi connectivity index (χ2n) is 5.67. The lowest BCUT2D eigenvalue weighted by atomic mass is 9.83. The molecular weight excluding hydrogens is 226 g/mol. The fourth-order valence-corrected chi connectivity index (χ4v) is 2.56. The summed E-state index contributed by atoms with van der Waals surface area (Å²) < 4.78 is 5.29. The minimum absolute atomic E-state index is 0.287. The minimum Gasteiger partial charge on any atom is -0.339 e. The Morgan fingerprint density at radius 1 is 1.39 bits per heavy atom. The smallest absolute Gasteiger partial charge is 0.226 e. The molecule has 1 aromatic rings. The number of hydrogen-bond acceptors (Lipinski definition) is 4. The zero-order chi connectivity index (χ0) is 13.0. The molecule has 18 heavy (non-hydrogen) atoms. The molecule has 4 nitrogen and oxygen atoms in total. The summed E-state index contributed by atoms with van der Waals surface area (Å²) in [4.78, 5) is 4.49. The van der Waals surface area contributed by atoms with Crippen molar-refractivity contribution in [1.82, 2.24) is 10.1 Å². The van der Waals surface area contributed by atoms with Crippen LogP contribution in [0.2, 0.25) is 0 Å². The van der Waals surface area contributed by atoms with Crippen LogP contribution in [0, 0.1) is 23.2 Å². The van der Waals surface area contributed by atoms with E-state index in [1.54, 1.807) is 0 Å². The van der Waals surface area contributed by atoms with Crippen LogP contribution >= 0.6 is 0 Å². The molecule has 2 rings (SSSR count). The van der Waals surface area contributed by atoms with Crippen LogP contribution in [0.1, 0.15) is 63.6 Å². The van der Waals surface area contributed by atoms with Gasteiger partial charge in [-0.05, 0) is 24.7 Å². The van der Waals surface area contributed by atoms with E-state index in [1.807, 2.05) is 6.92 Å². The van der Waals surface area contributed by atoms with Crippen molar-refractivity contribution >= 4 is 0 Å². The molecule has 0 aromatic carbocycles. The summed E-state index contributed by atoms with van der Waals surface area (Å²) in [6.07, 6.45) is 6.13. The first-order chi connectivity index (χ1) is 8.69. The van der Waals surface area contributed by atoms with Crippen LogP contribution < -0.4 is 0 Å². The van der Waals surface area contributed by atoms with Crippen molar-refractivity contribution < 1.29 is 4.52 Å². The monoisotopic (exact) mass is 247 g/mol. The molecule has 1 aliphatic carbocycles. The minimum atomic E-state index is 0.287. The van der Waals surface area contributed by atoms with Gasteiger partial charge < -0.3 is 4.52 Å². The number of aromatic nitrogens is 2. The van der Waals surface area contributed by atoms with E-state index < -0.39 is 0 Å². The van der Waals surface area contributed by atoms with Gasteiger partial charge in [-0.3, -0.25) is 0 Å². The summed E-state index contributed by atoms with van der Waals surface area (Å²) in [6, 6.07) is 2.17. The van der Waals surface area contributed by atoms with Gasteiger partial charge in [0.25, 0.3) is 0 Å². The fraction of sp³-hybridized carbons (Fsp3) is 0.786. The Kier molecular flexibility index (Phi) is 4.35. The lowest BCUT2D eigenvalue weighted by Crippen LogP contribution is -2.12. The average molecular weight is 247 g/mol. The standard InChI is InChI=1S/C14H21N3O/c1-10-3-5-12(6-4-10)14-16-13(18-17-14)9-11(2)7-8-15/h10-12H,3-7,9H2,1-2H3. The fourth-order valence-electron chi connectivity index (χ4n) is 2.56. The second-order valence-corrected chi connectivity index (χ2v) is 5.67. The SMILES string of the molecule is CC1CCC(c2noc(CC(C)CC#N)n2)CC1. The molecule has 98 valence electrons. The highest BCUT2D eigenvalue weighted by Crippen LogP contribution is 2.34. The molecule has 4 heteroatoms. The van der Waals surface area contributed by atoms with Gasteiger partial charge in [-0.25, -0.2) is 0 Å². The summed E-state index contributed by atoms with van der Waals surface area (Å²) in [7, 11) is 0. The molecule has 1 unspecified atom stereocenters. The molecular formula is C14H21N3O. The normalized spacial score (nSPS) is 25.6. The maximum absolute atomic E-state index is 8.63. The van der Waals surface area contributed by atoms with Crippen LogP contribution in [0.3, 0.4) is 0 Å². The summed E-state index contributed by atoms with van der Waals surface area (Å²) in [5.41, 5.74) is 0. The lowest BCUT2D eigenvalue weighted by molar-refractivity contribution is 0.320. The Balaban J connectivity index is 1.92. The largest absolute Gasteiger partial charge is 0.339 e. The van der Waals surface area contributed by atoms with Crippen LogP contribution in [0.5, 0.6) is 0 Å². The Bertz CT molecular complexity index is 413. The molecule has 0 radical (unpaired) electrons. The molecule has 0 amide bonds. The first kappa shape index (κ1) is 13.1. The summed E-state index contributed by atoms with van der Waals surface area (Å²) in [5, 5.41) is 12.7. The third-order valence-electron chi connectivity index (χ3n) is 3.83. The molecule has 1 aromatic heterocycles. The molecule has 0 aliphatic heterocycles. The van der Waals surface area contributed by atoms with Gasteiger partial charge in [0, 0.05) is 18.8 Å². The van der Waals surface area contributed by atoms with E-state index in [0.717, 1.165) is 11.7 Å². The predicted octanol–water partition coefficient (Wildman–Crippen LogP) is 3.46. The van der Waals surface area contributed by atoms with Gasteiger partial charge in [-0.15, -0.1) is 0 Å². The van der Waals surface area contributed by atoms with Gasteiger partial charge in [0.2, 0.25) is 5.89 Å². The van der Waals surface area contributed by atoms with Crippen LogP contribution in [0.4, 0.5) is 0 Å². The summed E-state index contributed by atoms with van der Waals surface area (Å²) >= 11 is 0. The van der Waals surface area contributed by atoms with Crippen LogP contribution in [-0.2, 0) is 6.42 Å². The first-order valence-corrected chi connectivity index (χ1v) is 6.88. The maximum Gasteiger partial charge on any atom is 0.226 e. The van der Waals surface area contributed by atoms with Crippen molar-refractivity contribution in [3.8, 4) is 6.07 Å².